The van der Waals surface area contributed by atoms with E-state index in [0.717, 1.165) is 11.1 Å². The monoisotopic (exact) mass is 362 g/mol. The van der Waals surface area contributed by atoms with Crippen molar-refractivity contribution in [3.63, 3.8) is 0 Å². The fourth-order valence-electron chi connectivity index (χ4n) is 2.06. The van der Waals surface area contributed by atoms with E-state index in [1.165, 1.54) is 19.4 Å². The lowest BCUT2D eigenvalue weighted by Gasteiger charge is -2.09. The van der Waals surface area contributed by atoms with Crippen LogP contribution in [0.3, 0.4) is 0 Å². The number of hydrazone groups is 1. The number of nitrogens with one attached hydrogen (secondary N) is 1. The van der Waals surface area contributed by atoms with Gasteiger partial charge in [0.25, 0.3) is 5.91 Å². The van der Waals surface area contributed by atoms with Gasteiger partial charge in [-0.1, -0.05) is 23.7 Å². The number of amides is 1. The first kappa shape index (κ1) is 18.6. The molecule has 0 fully saturated rings. The highest BCUT2D eigenvalue weighted by Crippen LogP contribution is 2.34. The van der Waals surface area contributed by atoms with Crippen molar-refractivity contribution < 1.29 is 19.4 Å². The second kappa shape index (κ2) is 8.39. The fourth-order valence-corrected chi connectivity index (χ4v) is 2.28. The van der Waals surface area contributed by atoms with Crippen LogP contribution in [-0.4, -0.2) is 30.9 Å². The van der Waals surface area contributed by atoms with Crippen LogP contribution in [-0.2, 0) is 4.79 Å². The maximum Gasteiger partial charge on any atom is 0.277 e. The average molecular weight is 363 g/mol. The summed E-state index contributed by atoms with van der Waals surface area (Å²) in [6, 6.07) is 8.70. The van der Waals surface area contributed by atoms with Crippen molar-refractivity contribution in [2.75, 3.05) is 13.7 Å². The normalized spacial score (nSPS) is 10.7. The lowest BCUT2D eigenvalue weighted by molar-refractivity contribution is -0.123. The molecule has 2 rings (SSSR count). The van der Waals surface area contributed by atoms with Gasteiger partial charge in [-0.15, -0.1) is 0 Å². The maximum absolute atomic E-state index is 11.8. The van der Waals surface area contributed by atoms with Crippen LogP contribution >= 0.6 is 11.6 Å². The first-order chi connectivity index (χ1) is 11.9. The minimum Gasteiger partial charge on any atom is -0.503 e. The summed E-state index contributed by atoms with van der Waals surface area (Å²) in [6.45, 7) is 3.76. The number of ether oxygens (including phenoxy) is 2. The number of hydrogen-bond donors (Lipinski definition) is 2. The second-order valence-corrected chi connectivity index (χ2v) is 5.74. The predicted octanol–water partition coefficient (Wildman–Crippen LogP) is 3.20. The molecule has 0 radical (unpaired) electrons. The number of aryl methyl sites for hydroxylation is 1. The number of aromatic hydroxyl groups is 1. The van der Waals surface area contributed by atoms with Crippen LogP contribution in [0.15, 0.2) is 35.4 Å². The predicted molar refractivity (Wildman–Crippen MR) is 96.8 cm³/mol. The quantitative estimate of drug-likeness (QED) is 0.611. The molecule has 0 saturated heterocycles. The van der Waals surface area contributed by atoms with Gasteiger partial charge in [-0.25, -0.2) is 5.43 Å². The molecule has 0 aliphatic heterocycles. The second-order valence-electron chi connectivity index (χ2n) is 5.33. The number of benzene rings is 2. The van der Waals surface area contributed by atoms with Crippen molar-refractivity contribution >= 4 is 23.7 Å². The number of hydrogen-bond acceptors (Lipinski definition) is 5. The van der Waals surface area contributed by atoms with Gasteiger partial charge in [0.15, 0.2) is 18.1 Å². The Morgan fingerprint density at radius 1 is 1.32 bits per heavy atom. The molecule has 0 aromatic heterocycles. The summed E-state index contributed by atoms with van der Waals surface area (Å²) in [5.41, 5.74) is 5.01. The number of methoxy groups -OCH3 is 1. The highest BCUT2D eigenvalue weighted by molar-refractivity contribution is 6.32. The van der Waals surface area contributed by atoms with Gasteiger partial charge in [-0.2, -0.15) is 5.10 Å². The topological polar surface area (TPSA) is 80.2 Å². The minimum absolute atomic E-state index is 0.130. The number of halogens is 1. The third-order valence-electron chi connectivity index (χ3n) is 3.59. The van der Waals surface area contributed by atoms with E-state index >= 15 is 0 Å². The summed E-state index contributed by atoms with van der Waals surface area (Å²) >= 11 is 5.89. The molecule has 0 bridgehead atoms. The van der Waals surface area contributed by atoms with E-state index < -0.39 is 5.91 Å². The first-order valence-corrected chi connectivity index (χ1v) is 7.87. The van der Waals surface area contributed by atoms with Gasteiger partial charge in [0.1, 0.15) is 5.75 Å². The summed E-state index contributed by atoms with van der Waals surface area (Å²) in [7, 11) is 1.42. The number of rotatable bonds is 6. The number of phenolic OH excluding ortho intramolecular Hbond substituents is 1. The zero-order valence-electron chi connectivity index (χ0n) is 14.2. The number of phenols is 1. The Labute approximate surface area is 151 Å². The molecule has 132 valence electrons. The maximum atomic E-state index is 11.8. The van der Waals surface area contributed by atoms with Crippen molar-refractivity contribution in [2.45, 2.75) is 13.8 Å². The van der Waals surface area contributed by atoms with Crippen molar-refractivity contribution in [1.82, 2.24) is 5.43 Å². The van der Waals surface area contributed by atoms with Gasteiger partial charge < -0.3 is 14.6 Å². The minimum atomic E-state index is -0.394. The molecule has 0 spiro atoms. The summed E-state index contributed by atoms with van der Waals surface area (Å²) in [5.74, 6) is 0.342. The van der Waals surface area contributed by atoms with Gasteiger partial charge in [0.05, 0.1) is 18.3 Å². The van der Waals surface area contributed by atoms with Crippen LogP contribution in [0, 0.1) is 13.8 Å². The third kappa shape index (κ3) is 4.87. The molecular formula is C18H19ClN2O4. The van der Waals surface area contributed by atoms with Crippen molar-refractivity contribution in [3.05, 3.63) is 52.0 Å². The van der Waals surface area contributed by atoms with Crippen LogP contribution < -0.4 is 14.9 Å². The third-order valence-corrected chi connectivity index (χ3v) is 3.88. The summed E-state index contributed by atoms with van der Waals surface area (Å²) in [6.07, 6.45) is 1.39. The smallest absolute Gasteiger partial charge is 0.277 e. The van der Waals surface area contributed by atoms with E-state index in [-0.39, 0.29) is 23.1 Å². The van der Waals surface area contributed by atoms with E-state index in [0.29, 0.717) is 11.3 Å². The molecule has 1 amide bonds. The molecule has 0 aliphatic rings. The Morgan fingerprint density at radius 3 is 2.80 bits per heavy atom. The summed E-state index contributed by atoms with van der Waals surface area (Å²) in [4.78, 5) is 11.8. The van der Waals surface area contributed by atoms with E-state index in [4.69, 9.17) is 21.1 Å². The first-order valence-electron chi connectivity index (χ1n) is 7.49. The molecule has 0 unspecified atom stereocenters. The summed E-state index contributed by atoms with van der Waals surface area (Å²) < 4.78 is 10.5. The molecular weight excluding hydrogens is 344 g/mol. The van der Waals surface area contributed by atoms with E-state index in [1.807, 2.05) is 32.0 Å². The van der Waals surface area contributed by atoms with Crippen LogP contribution in [0.5, 0.6) is 17.2 Å². The van der Waals surface area contributed by atoms with Crippen LogP contribution in [0.25, 0.3) is 0 Å². The van der Waals surface area contributed by atoms with Crippen LogP contribution in [0.1, 0.15) is 16.7 Å². The molecule has 2 aromatic rings. The molecule has 2 N–H and O–H groups in total. The van der Waals surface area contributed by atoms with E-state index in [2.05, 4.69) is 10.5 Å². The molecule has 0 aliphatic carbocycles. The Kier molecular flexibility index (Phi) is 6.25. The average Bonchev–Trinajstić information content (AvgIpc) is 2.59. The number of nitrogens with zero attached hydrogens (tertiary/aromatic N) is 1. The highest BCUT2D eigenvalue weighted by Gasteiger charge is 2.08. The van der Waals surface area contributed by atoms with Crippen molar-refractivity contribution in [1.29, 1.82) is 0 Å². The molecule has 0 saturated carbocycles. The Morgan fingerprint density at radius 2 is 2.08 bits per heavy atom. The Bertz CT molecular complexity index is 806. The van der Waals surface area contributed by atoms with Gasteiger partial charge in [0, 0.05) is 0 Å². The van der Waals surface area contributed by atoms with Crippen molar-refractivity contribution in [2.24, 2.45) is 5.10 Å². The van der Waals surface area contributed by atoms with Gasteiger partial charge in [0.2, 0.25) is 0 Å². The standard InChI is InChI=1S/C18H19ClN2O4/c1-11-5-4-6-15(12(11)2)25-10-17(22)21-20-9-13-7-14(19)18(23)16(8-13)24-3/h4-9,23H,10H2,1-3H3,(H,21,22)/b20-9-. The molecule has 7 heteroatoms. The lowest BCUT2D eigenvalue weighted by atomic mass is 10.1. The number of carbonyl (C=O) groups excluding carboxylic acids is 1. The van der Waals surface area contributed by atoms with Gasteiger partial charge >= 0.3 is 0 Å². The Balaban J connectivity index is 1.92. The highest BCUT2D eigenvalue weighted by atomic mass is 35.5. The SMILES string of the molecule is COc1cc(/C=N\NC(=O)COc2cccc(C)c2C)cc(Cl)c1O. The molecule has 6 nitrogen and oxygen atoms in total. The molecule has 2 aromatic carbocycles. The molecule has 0 heterocycles. The summed E-state index contributed by atoms with van der Waals surface area (Å²) in [5, 5.41) is 13.6. The molecule has 25 heavy (non-hydrogen) atoms. The van der Waals surface area contributed by atoms with Gasteiger partial charge in [-0.3, -0.25) is 4.79 Å². The van der Waals surface area contributed by atoms with E-state index in [1.54, 1.807) is 6.07 Å². The van der Waals surface area contributed by atoms with Crippen LogP contribution in [0.2, 0.25) is 5.02 Å². The van der Waals surface area contributed by atoms with Crippen molar-refractivity contribution in [3.8, 4) is 17.2 Å². The zero-order valence-corrected chi connectivity index (χ0v) is 14.9. The lowest BCUT2D eigenvalue weighted by Crippen LogP contribution is -2.24. The zero-order chi connectivity index (χ0) is 18.4. The Hall–Kier alpha value is -2.73. The molecule has 0 atom stereocenters. The number of carbonyl (C=O) groups is 1. The largest absolute Gasteiger partial charge is 0.503 e. The van der Waals surface area contributed by atoms with Gasteiger partial charge in [-0.05, 0) is 48.7 Å². The fraction of sp³-hybridized carbons (Fsp3) is 0.222. The van der Waals surface area contributed by atoms with Crippen LogP contribution in [0.4, 0.5) is 0 Å². The van der Waals surface area contributed by atoms with E-state index in [9.17, 15) is 9.90 Å².